The van der Waals surface area contributed by atoms with Gasteiger partial charge in [-0.1, -0.05) is 27.2 Å². The minimum atomic E-state index is 0.585. The van der Waals surface area contributed by atoms with Gasteiger partial charge in [-0.25, -0.2) is 0 Å². The van der Waals surface area contributed by atoms with Crippen LogP contribution in [0.4, 0.5) is 0 Å². The average molecular weight is 262 g/mol. The zero-order valence-corrected chi connectivity index (χ0v) is 12.9. The molecule has 2 aliphatic heterocycles. The molecule has 0 aromatic rings. The minimum Gasteiger partial charge on any atom is -0.298 e. The highest BCUT2D eigenvalue weighted by Gasteiger charge is 2.38. The smallest absolute Gasteiger partial charge is 0.0250 e. The first-order chi connectivity index (χ1) is 9.17. The highest BCUT2D eigenvalue weighted by molar-refractivity contribution is 4.98. The van der Waals surface area contributed by atoms with E-state index in [-0.39, 0.29) is 0 Å². The molecule has 2 heteroatoms. The van der Waals surface area contributed by atoms with E-state index in [4.69, 9.17) is 6.42 Å². The van der Waals surface area contributed by atoms with Gasteiger partial charge in [0.25, 0.3) is 0 Å². The van der Waals surface area contributed by atoms with E-state index in [1.807, 2.05) is 0 Å². The molecule has 2 rings (SSSR count). The summed E-state index contributed by atoms with van der Waals surface area (Å²) in [7, 11) is 0. The highest BCUT2D eigenvalue weighted by Crippen LogP contribution is 2.29. The molecule has 0 aromatic heterocycles. The Bertz CT molecular complexity index is 318. The van der Waals surface area contributed by atoms with Crippen molar-refractivity contribution in [1.29, 1.82) is 0 Å². The van der Waals surface area contributed by atoms with Crippen molar-refractivity contribution >= 4 is 0 Å². The molecule has 2 fully saturated rings. The monoisotopic (exact) mass is 262 g/mol. The SMILES string of the molecule is C#CCC(CC)N1CC2CCCCN2CC1C(C)C. The minimum absolute atomic E-state index is 0.585. The molecule has 0 N–H and O–H groups in total. The maximum atomic E-state index is 5.58. The van der Waals surface area contributed by atoms with Crippen molar-refractivity contribution in [2.45, 2.75) is 71.0 Å². The summed E-state index contributed by atoms with van der Waals surface area (Å²) >= 11 is 0. The van der Waals surface area contributed by atoms with Gasteiger partial charge >= 0.3 is 0 Å². The number of hydrogen-bond acceptors (Lipinski definition) is 2. The van der Waals surface area contributed by atoms with Crippen molar-refractivity contribution in [3.8, 4) is 12.3 Å². The number of piperidine rings is 1. The second-order valence-electron chi connectivity index (χ2n) is 6.62. The molecule has 0 aliphatic carbocycles. The van der Waals surface area contributed by atoms with Crippen LogP contribution in [0.2, 0.25) is 0 Å². The molecule has 2 heterocycles. The van der Waals surface area contributed by atoms with Gasteiger partial charge in [-0.15, -0.1) is 12.3 Å². The molecule has 108 valence electrons. The van der Waals surface area contributed by atoms with E-state index in [1.54, 1.807) is 0 Å². The quantitative estimate of drug-likeness (QED) is 0.719. The number of terminal acetylenes is 1. The van der Waals surface area contributed by atoms with E-state index < -0.39 is 0 Å². The first-order valence-electron chi connectivity index (χ1n) is 8.10. The maximum Gasteiger partial charge on any atom is 0.0250 e. The van der Waals surface area contributed by atoms with Crippen LogP contribution in [-0.4, -0.2) is 47.6 Å². The molecule has 0 spiro atoms. The maximum absolute atomic E-state index is 5.58. The van der Waals surface area contributed by atoms with E-state index >= 15 is 0 Å². The first kappa shape index (κ1) is 14.9. The molecule has 2 aliphatic rings. The first-order valence-corrected chi connectivity index (χ1v) is 8.10. The molecule has 2 saturated heterocycles. The Morgan fingerprint density at radius 2 is 2.05 bits per heavy atom. The third-order valence-corrected chi connectivity index (χ3v) is 5.08. The molecule has 0 radical (unpaired) electrons. The van der Waals surface area contributed by atoms with E-state index in [1.165, 1.54) is 45.3 Å². The largest absolute Gasteiger partial charge is 0.298 e. The fourth-order valence-electron chi connectivity index (χ4n) is 3.88. The van der Waals surface area contributed by atoms with Crippen LogP contribution in [0.15, 0.2) is 0 Å². The van der Waals surface area contributed by atoms with E-state index in [9.17, 15) is 0 Å². The topological polar surface area (TPSA) is 6.48 Å². The third-order valence-electron chi connectivity index (χ3n) is 5.08. The second kappa shape index (κ2) is 6.77. The van der Waals surface area contributed by atoms with Gasteiger partial charge in [-0.3, -0.25) is 9.80 Å². The van der Waals surface area contributed by atoms with E-state index in [0.717, 1.165) is 18.4 Å². The summed E-state index contributed by atoms with van der Waals surface area (Å²) in [5.74, 6) is 3.61. The predicted molar refractivity (Wildman–Crippen MR) is 82.1 cm³/mol. The van der Waals surface area contributed by atoms with Crippen LogP contribution in [0.1, 0.15) is 52.9 Å². The number of piperazine rings is 1. The lowest BCUT2D eigenvalue weighted by Crippen LogP contribution is -2.63. The summed E-state index contributed by atoms with van der Waals surface area (Å²) < 4.78 is 0. The van der Waals surface area contributed by atoms with Gasteiger partial charge in [-0.2, -0.15) is 0 Å². The molecule has 0 saturated carbocycles. The van der Waals surface area contributed by atoms with Crippen molar-refractivity contribution in [1.82, 2.24) is 9.80 Å². The lowest BCUT2D eigenvalue weighted by molar-refractivity contribution is -0.0298. The van der Waals surface area contributed by atoms with Crippen LogP contribution in [0.5, 0.6) is 0 Å². The van der Waals surface area contributed by atoms with Crippen LogP contribution in [-0.2, 0) is 0 Å². The fourth-order valence-corrected chi connectivity index (χ4v) is 3.88. The molecule has 0 amide bonds. The number of nitrogens with zero attached hydrogens (tertiary/aromatic N) is 2. The summed E-state index contributed by atoms with van der Waals surface area (Å²) in [5.41, 5.74) is 0. The Labute approximate surface area is 119 Å². The lowest BCUT2D eigenvalue weighted by atomic mass is 9.90. The summed E-state index contributed by atoms with van der Waals surface area (Å²) in [6.07, 6.45) is 11.9. The Balaban J connectivity index is 2.11. The van der Waals surface area contributed by atoms with E-state index in [2.05, 4.69) is 36.5 Å². The number of rotatable bonds is 4. The fraction of sp³-hybridized carbons (Fsp3) is 0.882. The molecular weight excluding hydrogens is 232 g/mol. The number of hydrogen-bond donors (Lipinski definition) is 0. The van der Waals surface area contributed by atoms with Crippen molar-refractivity contribution in [2.75, 3.05) is 19.6 Å². The summed E-state index contributed by atoms with van der Waals surface area (Å²) in [6, 6.07) is 2.06. The Morgan fingerprint density at radius 1 is 1.26 bits per heavy atom. The van der Waals surface area contributed by atoms with Crippen molar-refractivity contribution in [3.63, 3.8) is 0 Å². The Hall–Kier alpha value is -0.520. The van der Waals surface area contributed by atoms with Gasteiger partial charge in [0, 0.05) is 37.6 Å². The molecule has 3 unspecified atom stereocenters. The number of fused-ring (bicyclic) bond motifs is 1. The summed E-state index contributed by atoms with van der Waals surface area (Å²) in [5, 5.41) is 0. The summed E-state index contributed by atoms with van der Waals surface area (Å²) in [6.45, 7) is 10.8. The Morgan fingerprint density at radius 3 is 2.68 bits per heavy atom. The van der Waals surface area contributed by atoms with E-state index in [0.29, 0.717) is 12.1 Å². The van der Waals surface area contributed by atoms with Crippen LogP contribution >= 0.6 is 0 Å². The second-order valence-corrected chi connectivity index (χ2v) is 6.62. The summed E-state index contributed by atoms with van der Waals surface area (Å²) in [4.78, 5) is 5.49. The van der Waals surface area contributed by atoms with Crippen LogP contribution in [0.25, 0.3) is 0 Å². The predicted octanol–water partition coefficient (Wildman–Crippen LogP) is 2.98. The van der Waals surface area contributed by atoms with Crippen LogP contribution in [0, 0.1) is 18.3 Å². The van der Waals surface area contributed by atoms with Gasteiger partial charge in [0.1, 0.15) is 0 Å². The zero-order valence-electron chi connectivity index (χ0n) is 12.9. The van der Waals surface area contributed by atoms with Crippen molar-refractivity contribution < 1.29 is 0 Å². The van der Waals surface area contributed by atoms with Crippen molar-refractivity contribution in [2.24, 2.45) is 5.92 Å². The highest BCUT2D eigenvalue weighted by atomic mass is 15.3. The lowest BCUT2D eigenvalue weighted by Gasteiger charge is -2.52. The van der Waals surface area contributed by atoms with Gasteiger partial charge in [0.05, 0.1) is 0 Å². The van der Waals surface area contributed by atoms with Crippen molar-refractivity contribution in [3.05, 3.63) is 0 Å². The normalized spacial score (nSPS) is 30.9. The van der Waals surface area contributed by atoms with Crippen LogP contribution < -0.4 is 0 Å². The third kappa shape index (κ3) is 3.33. The van der Waals surface area contributed by atoms with Gasteiger partial charge in [-0.05, 0) is 31.7 Å². The standard InChI is InChI=1S/C17H30N2/c1-5-9-15(6-2)19-12-16-10-7-8-11-18(16)13-17(19)14(3)4/h1,14-17H,6-13H2,2-4H3. The Kier molecular flexibility index (Phi) is 5.30. The molecule has 3 atom stereocenters. The van der Waals surface area contributed by atoms with Gasteiger partial charge < -0.3 is 0 Å². The average Bonchev–Trinajstić information content (AvgIpc) is 2.43. The molecular formula is C17H30N2. The van der Waals surface area contributed by atoms with Gasteiger partial charge in [0.2, 0.25) is 0 Å². The molecule has 0 aromatic carbocycles. The molecule has 19 heavy (non-hydrogen) atoms. The molecule has 0 bridgehead atoms. The zero-order chi connectivity index (χ0) is 13.8. The van der Waals surface area contributed by atoms with Crippen LogP contribution in [0.3, 0.4) is 0 Å². The molecule has 2 nitrogen and oxygen atoms in total. The van der Waals surface area contributed by atoms with Gasteiger partial charge in [0.15, 0.2) is 0 Å².